The van der Waals surface area contributed by atoms with Crippen LogP contribution in [0, 0.1) is 4.64 Å². The fourth-order valence-electron chi connectivity index (χ4n) is 1.15. The summed E-state index contributed by atoms with van der Waals surface area (Å²) in [5.41, 5.74) is 5.35. The van der Waals surface area contributed by atoms with Gasteiger partial charge in [-0.15, -0.1) is 0 Å². The summed E-state index contributed by atoms with van der Waals surface area (Å²) in [6.45, 7) is -0.223. The van der Waals surface area contributed by atoms with E-state index in [-0.39, 0.29) is 23.4 Å². The summed E-state index contributed by atoms with van der Waals surface area (Å²) in [5, 5.41) is 17.9. The molecule has 1 rings (SSSR count). The van der Waals surface area contributed by atoms with E-state index < -0.39 is 12.0 Å². The molecule has 5 nitrogen and oxygen atoms in total. The van der Waals surface area contributed by atoms with Gasteiger partial charge in [-0.1, -0.05) is 12.2 Å². The summed E-state index contributed by atoms with van der Waals surface area (Å²) >= 11 is 5.00. The van der Waals surface area contributed by atoms with Gasteiger partial charge in [0.2, 0.25) is 0 Å². The van der Waals surface area contributed by atoms with Crippen LogP contribution in [0.15, 0.2) is 18.3 Å². The molecule has 0 aliphatic rings. The van der Waals surface area contributed by atoms with Crippen molar-refractivity contribution < 1.29 is 15.0 Å². The molecule has 0 radical (unpaired) electrons. The van der Waals surface area contributed by atoms with Crippen molar-refractivity contribution in [1.29, 1.82) is 0 Å². The number of aliphatic hydroxyl groups excluding tert-OH is 2. The highest BCUT2D eigenvalue weighted by atomic mass is 32.1. The highest BCUT2D eigenvalue weighted by molar-refractivity contribution is 7.71. The van der Waals surface area contributed by atoms with Crippen LogP contribution in [0.4, 0.5) is 0 Å². The Bertz CT molecular complexity index is 416. The number of amides is 1. The standard InChI is InChI=1S/C9H12N2O3S/c10-8(14)7-2-1-3-11(9(7)15)4-6(13)5-12/h1-3,6,12-13H,4-5H2,(H2,10,14). The van der Waals surface area contributed by atoms with Gasteiger partial charge in [-0.3, -0.25) is 4.79 Å². The van der Waals surface area contributed by atoms with Gasteiger partial charge in [0.1, 0.15) is 4.64 Å². The summed E-state index contributed by atoms with van der Waals surface area (Å²) in [6, 6.07) is 3.13. The Labute approximate surface area is 91.8 Å². The number of rotatable bonds is 4. The van der Waals surface area contributed by atoms with Crippen LogP contribution in [0.25, 0.3) is 0 Å². The zero-order valence-corrected chi connectivity index (χ0v) is 8.78. The lowest BCUT2D eigenvalue weighted by Gasteiger charge is -2.11. The van der Waals surface area contributed by atoms with Gasteiger partial charge in [0.05, 0.1) is 24.8 Å². The van der Waals surface area contributed by atoms with E-state index in [2.05, 4.69) is 0 Å². The minimum Gasteiger partial charge on any atom is -0.394 e. The number of primary amides is 1. The minimum absolute atomic E-state index is 0.135. The van der Waals surface area contributed by atoms with E-state index in [4.69, 9.17) is 23.1 Å². The van der Waals surface area contributed by atoms with Crippen LogP contribution in [0.1, 0.15) is 10.4 Å². The first kappa shape index (κ1) is 11.8. The Morgan fingerprint density at radius 3 is 2.87 bits per heavy atom. The molecule has 0 aliphatic carbocycles. The normalized spacial score (nSPS) is 12.4. The van der Waals surface area contributed by atoms with E-state index in [0.717, 1.165) is 0 Å². The van der Waals surface area contributed by atoms with Gasteiger partial charge in [-0.2, -0.15) is 0 Å². The number of nitrogens with zero attached hydrogens (tertiary/aromatic N) is 1. The van der Waals surface area contributed by atoms with Crippen LogP contribution < -0.4 is 5.73 Å². The number of carbonyl (C=O) groups is 1. The Morgan fingerprint density at radius 2 is 2.33 bits per heavy atom. The van der Waals surface area contributed by atoms with Crippen LogP contribution in [0.3, 0.4) is 0 Å². The number of aromatic nitrogens is 1. The molecule has 0 spiro atoms. The quantitative estimate of drug-likeness (QED) is 0.616. The zero-order valence-electron chi connectivity index (χ0n) is 7.96. The molecular formula is C9H12N2O3S. The number of nitrogens with two attached hydrogens (primary N) is 1. The maximum Gasteiger partial charge on any atom is 0.251 e. The molecular weight excluding hydrogens is 216 g/mol. The SMILES string of the molecule is NC(=O)c1cccn(CC(O)CO)c1=S. The fraction of sp³-hybridized carbons (Fsp3) is 0.333. The molecule has 0 bridgehead atoms. The van der Waals surface area contributed by atoms with E-state index in [9.17, 15) is 9.90 Å². The molecule has 0 saturated carbocycles. The minimum atomic E-state index is -0.903. The van der Waals surface area contributed by atoms with Crippen molar-refractivity contribution >= 4 is 18.1 Å². The smallest absolute Gasteiger partial charge is 0.251 e. The van der Waals surface area contributed by atoms with Crippen LogP contribution in [0.2, 0.25) is 0 Å². The molecule has 1 aromatic heterocycles. The molecule has 82 valence electrons. The molecule has 1 atom stereocenters. The molecule has 1 unspecified atom stereocenters. The van der Waals surface area contributed by atoms with E-state index in [1.54, 1.807) is 12.3 Å². The molecule has 0 saturated heterocycles. The van der Waals surface area contributed by atoms with Gasteiger partial charge in [0.15, 0.2) is 0 Å². The molecule has 0 aromatic carbocycles. The number of hydrogen-bond donors (Lipinski definition) is 3. The average Bonchev–Trinajstić information content (AvgIpc) is 2.20. The predicted molar refractivity (Wildman–Crippen MR) is 56.9 cm³/mol. The van der Waals surface area contributed by atoms with E-state index in [1.807, 2.05) is 0 Å². The van der Waals surface area contributed by atoms with Gasteiger partial charge in [0.25, 0.3) is 5.91 Å². The largest absolute Gasteiger partial charge is 0.394 e. The van der Waals surface area contributed by atoms with Crippen LogP contribution in [-0.2, 0) is 6.54 Å². The van der Waals surface area contributed by atoms with Gasteiger partial charge in [0, 0.05) is 6.20 Å². The first-order valence-corrected chi connectivity index (χ1v) is 4.75. The Balaban J connectivity index is 3.05. The third-order valence-electron chi connectivity index (χ3n) is 1.90. The first-order chi connectivity index (χ1) is 7.06. The van der Waals surface area contributed by atoms with Crippen molar-refractivity contribution in [3.05, 3.63) is 28.5 Å². The van der Waals surface area contributed by atoms with E-state index in [1.165, 1.54) is 10.6 Å². The van der Waals surface area contributed by atoms with Gasteiger partial charge in [-0.05, 0) is 12.1 Å². The first-order valence-electron chi connectivity index (χ1n) is 4.34. The second-order valence-electron chi connectivity index (χ2n) is 3.08. The lowest BCUT2D eigenvalue weighted by atomic mass is 10.2. The molecule has 1 heterocycles. The maximum absolute atomic E-state index is 11.0. The predicted octanol–water partition coefficient (Wildman–Crippen LogP) is -0.330. The van der Waals surface area contributed by atoms with Crippen molar-refractivity contribution in [3.8, 4) is 0 Å². The lowest BCUT2D eigenvalue weighted by Crippen LogP contribution is -2.22. The fourth-order valence-corrected chi connectivity index (χ4v) is 1.46. The molecule has 0 fully saturated rings. The Kier molecular flexibility index (Phi) is 3.96. The second-order valence-corrected chi connectivity index (χ2v) is 3.47. The van der Waals surface area contributed by atoms with E-state index >= 15 is 0 Å². The highest BCUT2D eigenvalue weighted by Crippen LogP contribution is 2.03. The van der Waals surface area contributed by atoms with Gasteiger partial charge in [-0.25, -0.2) is 0 Å². The number of pyridine rings is 1. The molecule has 0 aliphatic heterocycles. The summed E-state index contributed by atoms with van der Waals surface area (Å²) in [5.74, 6) is -0.604. The monoisotopic (exact) mass is 228 g/mol. The highest BCUT2D eigenvalue weighted by Gasteiger charge is 2.07. The Hall–Kier alpha value is -1.24. The number of carbonyl (C=O) groups excluding carboxylic acids is 1. The van der Waals surface area contributed by atoms with Crippen molar-refractivity contribution in [1.82, 2.24) is 4.57 Å². The van der Waals surface area contributed by atoms with Crippen molar-refractivity contribution in [2.75, 3.05) is 6.61 Å². The second kappa shape index (κ2) is 5.01. The van der Waals surface area contributed by atoms with Crippen molar-refractivity contribution in [2.45, 2.75) is 12.6 Å². The lowest BCUT2D eigenvalue weighted by molar-refractivity contribution is 0.0805. The van der Waals surface area contributed by atoms with E-state index in [0.29, 0.717) is 0 Å². The van der Waals surface area contributed by atoms with Crippen molar-refractivity contribution in [3.63, 3.8) is 0 Å². The zero-order chi connectivity index (χ0) is 11.4. The maximum atomic E-state index is 11.0. The third-order valence-corrected chi connectivity index (χ3v) is 2.36. The Morgan fingerprint density at radius 1 is 1.67 bits per heavy atom. The topological polar surface area (TPSA) is 88.5 Å². The molecule has 4 N–H and O–H groups in total. The summed E-state index contributed by atoms with van der Waals surface area (Å²) in [7, 11) is 0. The summed E-state index contributed by atoms with van der Waals surface area (Å²) < 4.78 is 1.76. The molecule has 1 amide bonds. The summed E-state index contributed by atoms with van der Waals surface area (Å²) in [4.78, 5) is 11.0. The molecule has 6 heteroatoms. The number of aliphatic hydroxyl groups is 2. The van der Waals surface area contributed by atoms with Crippen LogP contribution in [0.5, 0.6) is 0 Å². The van der Waals surface area contributed by atoms with Crippen LogP contribution >= 0.6 is 12.2 Å². The van der Waals surface area contributed by atoms with Gasteiger partial charge < -0.3 is 20.5 Å². The molecule has 15 heavy (non-hydrogen) atoms. The summed E-state index contributed by atoms with van der Waals surface area (Å²) in [6.07, 6.45) is 0.716. The number of hydrogen-bond acceptors (Lipinski definition) is 4. The third kappa shape index (κ3) is 2.85. The molecule has 1 aromatic rings. The van der Waals surface area contributed by atoms with Crippen LogP contribution in [-0.4, -0.2) is 33.4 Å². The van der Waals surface area contributed by atoms with Gasteiger partial charge >= 0.3 is 0 Å². The van der Waals surface area contributed by atoms with Crippen molar-refractivity contribution in [2.24, 2.45) is 5.73 Å². The average molecular weight is 228 g/mol.